The zero-order valence-electron chi connectivity index (χ0n) is 13.1. The van der Waals surface area contributed by atoms with Gasteiger partial charge in [-0.15, -0.1) is 24.8 Å². The van der Waals surface area contributed by atoms with E-state index in [1.54, 1.807) is 24.0 Å². The van der Waals surface area contributed by atoms with E-state index in [1.165, 1.54) is 0 Å². The van der Waals surface area contributed by atoms with Gasteiger partial charge in [0.25, 0.3) is 5.91 Å². The van der Waals surface area contributed by atoms with Gasteiger partial charge in [-0.3, -0.25) is 4.79 Å². The fraction of sp³-hybridized carbons (Fsp3) is 0.429. The van der Waals surface area contributed by atoms with E-state index >= 15 is 0 Å². The van der Waals surface area contributed by atoms with Crippen LogP contribution in [0.5, 0.6) is 0 Å². The second kappa shape index (κ2) is 11.4. The molecule has 1 amide bonds. The van der Waals surface area contributed by atoms with Crippen molar-refractivity contribution in [1.29, 1.82) is 0 Å². The van der Waals surface area contributed by atoms with Crippen LogP contribution in [-0.2, 0) is 12.8 Å². The molecule has 0 saturated heterocycles. The van der Waals surface area contributed by atoms with Crippen molar-refractivity contribution in [2.75, 3.05) is 20.1 Å². The Kier molecular flexibility index (Phi) is 10.8. The Bertz CT molecular complexity index is 589. The molecule has 2 aromatic heterocycles. The number of carbonyl (C=O) groups excluding carboxylic acids is 1. The summed E-state index contributed by atoms with van der Waals surface area (Å²) in [5.74, 6) is 1.61. The van der Waals surface area contributed by atoms with Crippen LogP contribution in [0, 0.1) is 0 Å². The summed E-state index contributed by atoms with van der Waals surface area (Å²) in [5.41, 5.74) is 0. The van der Waals surface area contributed by atoms with E-state index in [-0.39, 0.29) is 30.7 Å². The fourth-order valence-corrected chi connectivity index (χ4v) is 2.58. The van der Waals surface area contributed by atoms with Gasteiger partial charge in [0, 0.05) is 26.0 Å². The number of thioether (sulfide) groups is 1. The van der Waals surface area contributed by atoms with Crippen LogP contribution in [0.4, 0.5) is 0 Å². The lowest BCUT2D eigenvalue weighted by molar-refractivity contribution is 0.0924. The molecule has 2 aromatic rings. The third-order valence-corrected chi connectivity index (χ3v) is 3.98. The van der Waals surface area contributed by atoms with Gasteiger partial charge in [0.05, 0.1) is 5.75 Å². The van der Waals surface area contributed by atoms with E-state index in [0.717, 1.165) is 23.9 Å². The maximum Gasteiger partial charge on any atom is 0.286 e. The van der Waals surface area contributed by atoms with Crippen LogP contribution in [-0.4, -0.2) is 35.6 Å². The number of hydrogen-bond donors (Lipinski definition) is 2. The summed E-state index contributed by atoms with van der Waals surface area (Å²) in [4.78, 5) is 16.1. The lowest BCUT2D eigenvalue weighted by Crippen LogP contribution is -2.26. The Labute approximate surface area is 152 Å². The molecule has 0 aromatic carbocycles. The molecule has 0 aliphatic carbocycles. The topological polar surface area (TPSA) is 72.1 Å². The Hall–Kier alpha value is -1.15. The number of aromatic nitrogens is 2. The van der Waals surface area contributed by atoms with Gasteiger partial charge in [0.15, 0.2) is 10.9 Å². The Balaban J connectivity index is 0.00000242. The van der Waals surface area contributed by atoms with E-state index in [1.807, 2.05) is 30.9 Å². The van der Waals surface area contributed by atoms with Gasteiger partial charge in [-0.05, 0) is 32.1 Å². The number of nitrogens with zero attached hydrogens (tertiary/aromatic N) is 2. The molecular weight excluding hydrogens is 359 g/mol. The monoisotopic (exact) mass is 380 g/mol. The second-order valence-electron chi connectivity index (χ2n) is 4.59. The first-order chi connectivity index (χ1) is 10.2. The standard InChI is InChI=1S/C14H20N4O2S.2ClH/c1-15-6-3-7-16-13(19)12-5-4-11(20-12)10-21-14-17-8-9-18(14)2;;/h4-5,8-9,15H,3,6-7,10H2,1-2H3,(H,16,19);2*1H. The highest BCUT2D eigenvalue weighted by Crippen LogP contribution is 2.21. The average Bonchev–Trinajstić information content (AvgIpc) is 3.10. The van der Waals surface area contributed by atoms with Gasteiger partial charge in [-0.2, -0.15) is 0 Å². The molecule has 0 aliphatic heterocycles. The van der Waals surface area contributed by atoms with Crippen LogP contribution in [0.2, 0.25) is 0 Å². The number of aryl methyl sites for hydroxylation is 1. The number of amides is 1. The molecule has 2 heterocycles. The van der Waals surface area contributed by atoms with Gasteiger partial charge in [0.1, 0.15) is 5.76 Å². The fourth-order valence-electron chi connectivity index (χ4n) is 1.76. The predicted octanol–water partition coefficient (Wildman–Crippen LogP) is 2.49. The van der Waals surface area contributed by atoms with Crippen molar-refractivity contribution in [1.82, 2.24) is 20.2 Å². The molecule has 0 radical (unpaired) electrons. The quantitative estimate of drug-likeness (QED) is 0.543. The number of imidazole rings is 1. The molecule has 2 N–H and O–H groups in total. The van der Waals surface area contributed by atoms with E-state index in [4.69, 9.17) is 4.42 Å². The van der Waals surface area contributed by atoms with Crippen molar-refractivity contribution in [3.05, 3.63) is 36.0 Å². The van der Waals surface area contributed by atoms with Crippen LogP contribution in [0.25, 0.3) is 0 Å². The van der Waals surface area contributed by atoms with Crippen LogP contribution in [0.1, 0.15) is 22.7 Å². The van der Waals surface area contributed by atoms with Gasteiger partial charge in [-0.25, -0.2) is 4.98 Å². The SMILES string of the molecule is CNCCCNC(=O)c1ccc(CSc2nccn2C)o1.Cl.Cl. The summed E-state index contributed by atoms with van der Waals surface area (Å²) in [5, 5.41) is 6.79. The molecule has 0 spiro atoms. The van der Waals surface area contributed by atoms with Crippen molar-refractivity contribution in [3.63, 3.8) is 0 Å². The molecule has 23 heavy (non-hydrogen) atoms. The number of halogens is 2. The number of carbonyl (C=O) groups is 1. The van der Waals surface area contributed by atoms with E-state index in [2.05, 4.69) is 15.6 Å². The molecule has 0 atom stereocenters. The highest BCUT2D eigenvalue weighted by atomic mass is 35.5. The van der Waals surface area contributed by atoms with Gasteiger partial charge in [-0.1, -0.05) is 11.8 Å². The maximum absolute atomic E-state index is 11.9. The summed E-state index contributed by atoms with van der Waals surface area (Å²) in [7, 11) is 3.83. The molecule has 9 heteroatoms. The molecule has 6 nitrogen and oxygen atoms in total. The Morgan fingerprint density at radius 3 is 2.78 bits per heavy atom. The summed E-state index contributed by atoms with van der Waals surface area (Å²) < 4.78 is 7.50. The average molecular weight is 381 g/mol. The Morgan fingerprint density at radius 1 is 1.35 bits per heavy atom. The lowest BCUT2D eigenvalue weighted by Gasteiger charge is -2.02. The number of hydrogen-bond acceptors (Lipinski definition) is 5. The van der Waals surface area contributed by atoms with Gasteiger partial charge >= 0.3 is 0 Å². The molecule has 0 bridgehead atoms. The van der Waals surface area contributed by atoms with E-state index in [9.17, 15) is 4.79 Å². The zero-order chi connectivity index (χ0) is 15.1. The van der Waals surface area contributed by atoms with Crippen molar-refractivity contribution in [2.45, 2.75) is 17.3 Å². The minimum atomic E-state index is -0.167. The smallest absolute Gasteiger partial charge is 0.286 e. The molecule has 0 aliphatic rings. The molecule has 0 fully saturated rings. The summed E-state index contributed by atoms with van der Waals surface area (Å²) >= 11 is 1.57. The van der Waals surface area contributed by atoms with Crippen molar-refractivity contribution in [3.8, 4) is 0 Å². The highest BCUT2D eigenvalue weighted by Gasteiger charge is 2.11. The Morgan fingerprint density at radius 2 is 2.13 bits per heavy atom. The molecular formula is C14H22Cl2N4O2S. The van der Waals surface area contributed by atoms with Crippen molar-refractivity contribution in [2.24, 2.45) is 7.05 Å². The van der Waals surface area contributed by atoms with Gasteiger partial charge in [0.2, 0.25) is 0 Å². The largest absolute Gasteiger partial charge is 0.455 e. The van der Waals surface area contributed by atoms with Gasteiger partial charge < -0.3 is 19.6 Å². The highest BCUT2D eigenvalue weighted by molar-refractivity contribution is 7.98. The number of rotatable bonds is 8. The number of nitrogens with one attached hydrogen (secondary N) is 2. The second-order valence-corrected chi connectivity index (χ2v) is 5.53. The van der Waals surface area contributed by atoms with Crippen molar-refractivity contribution < 1.29 is 9.21 Å². The zero-order valence-corrected chi connectivity index (χ0v) is 15.5. The first-order valence-electron chi connectivity index (χ1n) is 6.82. The van der Waals surface area contributed by atoms with Crippen LogP contribution in [0.3, 0.4) is 0 Å². The maximum atomic E-state index is 11.9. The molecule has 0 saturated carbocycles. The van der Waals surface area contributed by atoms with Crippen LogP contribution < -0.4 is 10.6 Å². The minimum absolute atomic E-state index is 0. The minimum Gasteiger partial charge on any atom is -0.455 e. The van der Waals surface area contributed by atoms with Crippen molar-refractivity contribution >= 4 is 42.5 Å². The van der Waals surface area contributed by atoms with Crippen LogP contribution >= 0.6 is 36.6 Å². The molecule has 0 unspecified atom stereocenters. The number of furan rings is 1. The van der Waals surface area contributed by atoms with E-state index < -0.39 is 0 Å². The summed E-state index contributed by atoms with van der Waals surface area (Å²) in [6.07, 6.45) is 4.55. The first-order valence-corrected chi connectivity index (χ1v) is 7.81. The van der Waals surface area contributed by atoms with Crippen LogP contribution in [0.15, 0.2) is 34.1 Å². The lowest BCUT2D eigenvalue weighted by atomic mass is 10.4. The third kappa shape index (κ3) is 6.87. The van der Waals surface area contributed by atoms with E-state index in [0.29, 0.717) is 18.1 Å². The first kappa shape index (κ1) is 21.9. The normalized spacial score (nSPS) is 9.83. The predicted molar refractivity (Wildman–Crippen MR) is 96.8 cm³/mol. The summed E-state index contributed by atoms with van der Waals surface area (Å²) in [6.45, 7) is 1.52. The third-order valence-electron chi connectivity index (χ3n) is 2.90. The summed E-state index contributed by atoms with van der Waals surface area (Å²) in [6, 6.07) is 3.54. The molecule has 130 valence electrons. The molecule has 2 rings (SSSR count).